The van der Waals surface area contributed by atoms with E-state index in [0.717, 1.165) is 51.2 Å². The zero-order chi connectivity index (χ0) is 30.9. The summed E-state index contributed by atoms with van der Waals surface area (Å²) >= 11 is 0. The van der Waals surface area contributed by atoms with Crippen molar-refractivity contribution < 1.29 is 51.4 Å². The lowest BCUT2D eigenvalue weighted by molar-refractivity contribution is -0.152. The number of hydrogen-bond acceptors (Lipinski definition) is 9. The molecule has 6 atom stereocenters. The van der Waals surface area contributed by atoms with Gasteiger partial charge in [-0.15, -0.1) is 0 Å². The quantitative estimate of drug-likeness (QED) is 0.159. The van der Waals surface area contributed by atoms with Gasteiger partial charge in [-0.1, -0.05) is 12.5 Å². The number of Topliss-reactive ketones (excluding diaryl/α,β-unsaturated/α-hetero) is 1. The molecule has 1 saturated heterocycles. The van der Waals surface area contributed by atoms with Gasteiger partial charge in [-0.25, -0.2) is 13.3 Å². The molecule has 1 aromatic rings. The van der Waals surface area contributed by atoms with Crippen molar-refractivity contribution in [3.8, 4) is 5.75 Å². The lowest BCUT2D eigenvalue weighted by Gasteiger charge is -2.27. The Hall–Kier alpha value is -2.50. The molecule has 2 fully saturated rings. The summed E-state index contributed by atoms with van der Waals surface area (Å²) in [7, 11) is -4.38. The van der Waals surface area contributed by atoms with Crippen molar-refractivity contribution in [1.29, 1.82) is 0 Å². The fourth-order valence-electron chi connectivity index (χ4n) is 4.73. The molecule has 0 spiro atoms. The monoisotopic (exact) mass is 615 g/mol. The highest BCUT2D eigenvalue weighted by atomic mass is 31.2. The van der Waals surface area contributed by atoms with Gasteiger partial charge in [0, 0.05) is 12.8 Å². The molecular formula is C29H40F2NO9P. The Morgan fingerprint density at radius 1 is 1.19 bits per heavy atom. The number of halogens is 2. The highest BCUT2D eigenvalue weighted by Gasteiger charge is 2.54. The number of aliphatic hydroxyl groups is 1. The number of nitrogens with one attached hydrogen (secondary N) is 1. The van der Waals surface area contributed by atoms with Crippen molar-refractivity contribution in [3.63, 3.8) is 0 Å². The van der Waals surface area contributed by atoms with E-state index in [-0.39, 0.29) is 42.7 Å². The third-order valence-electron chi connectivity index (χ3n) is 7.26. The molecule has 3 rings (SSSR count). The van der Waals surface area contributed by atoms with E-state index < -0.39 is 56.2 Å². The zero-order valence-electron chi connectivity index (χ0n) is 24.1. The van der Waals surface area contributed by atoms with Crippen LogP contribution in [0.1, 0.15) is 72.1 Å². The summed E-state index contributed by atoms with van der Waals surface area (Å²) in [6.07, 6.45) is 2.80. The SMILES string of the molecule is CC(=O)CCC(=O)/C=C\C[C@@H]1O[C@H](COP(=O)(N[C@@H](C)C(=O)OC2CCCCC2)Oc2ccc(F)cc2)[C@@H](O)[C@@]1(C)F. The molecule has 0 radical (unpaired) electrons. The van der Waals surface area contributed by atoms with Gasteiger partial charge in [-0.2, -0.15) is 5.09 Å². The Morgan fingerprint density at radius 3 is 2.50 bits per heavy atom. The number of alkyl halides is 1. The van der Waals surface area contributed by atoms with E-state index >= 15 is 4.39 Å². The fourth-order valence-corrected chi connectivity index (χ4v) is 6.23. The standard InChI is InChI=1S/C29H40F2NO9P/c1-19(33)12-15-22(34)8-7-11-26-29(3,31)27(35)25(40-26)18-38-42(37,41-24-16-13-21(30)14-17-24)32-20(2)28(36)39-23-9-5-4-6-10-23/h7-8,13-14,16-17,20,23,25-27,35H,4-6,9-12,15,18H2,1-3H3,(H,32,37)/b8-7-/t20-,25+,26-,27+,29-,42?/m0/s1. The molecule has 1 aliphatic carbocycles. The van der Waals surface area contributed by atoms with Crippen molar-refractivity contribution in [3.05, 3.63) is 42.2 Å². The first-order valence-corrected chi connectivity index (χ1v) is 15.7. The lowest BCUT2D eigenvalue weighted by Crippen LogP contribution is -2.42. The van der Waals surface area contributed by atoms with E-state index in [9.17, 15) is 28.4 Å². The summed E-state index contributed by atoms with van der Waals surface area (Å²) in [5.74, 6) is -1.66. The number of ether oxygens (including phenoxy) is 2. The molecule has 1 heterocycles. The van der Waals surface area contributed by atoms with Crippen LogP contribution < -0.4 is 9.61 Å². The van der Waals surface area contributed by atoms with Crippen LogP contribution in [0.25, 0.3) is 0 Å². The van der Waals surface area contributed by atoms with E-state index in [1.165, 1.54) is 38.1 Å². The van der Waals surface area contributed by atoms with Crippen molar-refractivity contribution in [1.82, 2.24) is 5.09 Å². The molecule has 0 aromatic heterocycles. The molecule has 234 valence electrons. The first-order valence-electron chi connectivity index (χ1n) is 14.2. The minimum absolute atomic E-state index is 0.0271. The number of hydrogen-bond donors (Lipinski definition) is 2. The topological polar surface area (TPSA) is 137 Å². The number of esters is 1. The van der Waals surface area contributed by atoms with Crippen LogP contribution in [0.3, 0.4) is 0 Å². The summed E-state index contributed by atoms with van der Waals surface area (Å²) in [4.78, 5) is 35.7. The molecule has 2 aliphatic rings. The van der Waals surface area contributed by atoms with E-state index in [1.54, 1.807) is 0 Å². The largest absolute Gasteiger partial charge is 0.461 e. The number of allylic oxidation sites excluding steroid dienone is 1. The minimum atomic E-state index is -4.38. The van der Waals surface area contributed by atoms with Gasteiger partial charge < -0.3 is 23.9 Å². The Morgan fingerprint density at radius 2 is 1.86 bits per heavy atom. The third kappa shape index (κ3) is 10.1. The van der Waals surface area contributed by atoms with E-state index in [1.807, 2.05) is 0 Å². The number of aliphatic hydroxyl groups excluding tert-OH is 1. The Labute approximate surface area is 244 Å². The van der Waals surface area contributed by atoms with Crippen LogP contribution in [0.2, 0.25) is 0 Å². The van der Waals surface area contributed by atoms with Crippen LogP contribution in [-0.2, 0) is 32.9 Å². The zero-order valence-corrected chi connectivity index (χ0v) is 25.0. The molecule has 1 unspecified atom stereocenters. The Kier molecular flexibility index (Phi) is 12.4. The van der Waals surface area contributed by atoms with Crippen LogP contribution in [0.4, 0.5) is 8.78 Å². The van der Waals surface area contributed by atoms with Gasteiger partial charge in [-0.3, -0.25) is 14.1 Å². The second kappa shape index (κ2) is 15.3. The second-order valence-corrected chi connectivity index (χ2v) is 12.6. The van der Waals surface area contributed by atoms with Crippen molar-refractivity contribution in [2.45, 2.75) is 108 Å². The van der Waals surface area contributed by atoms with Gasteiger partial charge in [0.05, 0.1) is 12.7 Å². The summed E-state index contributed by atoms with van der Waals surface area (Å²) in [6, 6.07) is 3.48. The molecule has 10 nitrogen and oxygen atoms in total. The summed E-state index contributed by atoms with van der Waals surface area (Å²) < 4.78 is 64.9. The van der Waals surface area contributed by atoms with Crippen LogP contribution >= 0.6 is 7.75 Å². The number of carbonyl (C=O) groups excluding carboxylic acids is 3. The van der Waals surface area contributed by atoms with Crippen molar-refractivity contribution in [2.75, 3.05) is 6.61 Å². The lowest BCUT2D eigenvalue weighted by atomic mass is 9.93. The van der Waals surface area contributed by atoms with Gasteiger partial charge in [0.2, 0.25) is 0 Å². The number of rotatable bonds is 15. The molecule has 0 amide bonds. The molecule has 2 N–H and O–H groups in total. The molecule has 1 saturated carbocycles. The predicted molar refractivity (Wildman–Crippen MR) is 149 cm³/mol. The first kappa shape index (κ1) is 34.0. The molecule has 1 aromatic carbocycles. The molecular weight excluding hydrogens is 575 g/mol. The van der Waals surface area contributed by atoms with E-state index in [0.29, 0.717) is 0 Å². The predicted octanol–water partition coefficient (Wildman–Crippen LogP) is 4.92. The number of ketones is 2. The average molecular weight is 616 g/mol. The number of benzene rings is 1. The maximum absolute atomic E-state index is 15.4. The van der Waals surface area contributed by atoms with Gasteiger partial charge in [0.15, 0.2) is 11.5 Å². The fraction of sp³-hybridized carbons (Fsp3) is 0.621. The highest BCUT2D eigenvalue weighted by molar-refractivity contribution is 7.52. The maximum atomic E-state index is 15.4. The normalized spacial score (nSPS) is 27.0. The van der Waals surface area contributed by atoms with Crippen LogP contribution in [-0.4, -0.2) is 65.4 Å². The molecule has 42 heavy (non-hydrogen) atoms. The molecule has 1 aliphatic heterocycles. The second-order valence-electron chi connectivity index (χ2n) is 11.0. The summed E-state index contributed by atoms with van der Waals surface area (Å²) in [5, 5.41) is 13.2. The minimum Gasteiger partial charge on any atom is -0.461 e. The van der Waals surface area contributed by atoms with Crippen LogP contribution in [0.15, 0.2) is 36.4 Å². The van der Waals surface area contributed by atoms with Crippen LogP contribution in [0.5, 0.6) is 5.75 Å². The smallest absolute Gasteiger partial charge is 0.459 e. The first-order chi connectivity index (χ1) is 19.8. The highest BCUT2D eigenvalue weighted by Crippen LogP contribution is 2.46. The Balaban J connectivity index is 1.66. The summed E-state index contributed by atoms with van der Waals surface area (Å²) in [6.45, 7) is 3.36. The molecule has 13 heteroatoms. The third-order valence-corrected chi connectivity index (χ3v) is 8.91. The average Bonchev–Trinajstić information content (AvgIpc) is 3.15. The van der Waals surface area contributed by atoms with Crippen molar-refractivity contribution >= 4 is 25.3 Å². The van der Waals surface area contributed by atoms with Gasteiger partial charge >= 0.3 is 13.7 Å². The Bertz CT molecular complexity index is 1150. The van der Waals surface area contributed by atoms with Crippen molar-refractivity contribution in [2.24, 2.45) is 0 Å². The van der Waals surface area contributed by atoms with Gasteiger partial charge in [-0.05, 0) is 83.2 Å². The summed E-state index contributed by atoms with van der Waals surface area (Å²) in [5.41, 5.74) is -2.24. The van der Waals surface area contributed by atoms with Crippen LogP contribution in [0, 0.1) is 5.82 Å². The van der Waals surface area contributed by atoms with E-state index in [4.69, 9.17) is 18.5 Å². The van der Waals surface area contributed by atoms with Gasteiger partial charge in [0.1, 0.15) is 41.7 Å². The molecule has 0 bridgehead atoms. The maximum Gasteiger partial charge on any atom is 0.459 e. The van der Waals surface area contributed by atoms with Gasteiger partial charge in [0.25, 0.3) is 0 Å². The van der Waals surface area contributed by atoms with E-state index in [2.05, 4.69) is 5.09 Å². The number of carbonyl (C=O) groups is 3.